The fourth-order valence-electron chi connectivity index (χ4n) is 7.22. The molecule has 0 spiro atoms. The van der Waals surface area contributed by atoms with Gasteiger partial charge in [0.15, 0.2) is 5.79 Å². The maximum Gasteiger partial charge on any atom is 0.269 e. The van der Waals surface area contributed by atoms with Crippen molar-refractivity contribution in [3.05, 3.63) is 105 Å². The van der Waals surface area contributed by atoms with Gasteiger partial charge in [0.1, 0.15) is 0 Å². The van der Waals surface area contributed by atoms with Crippen LogP contribution < -0.4 is 10.3 Å². The molecule has 3 aromatic carbocycles. The van der Waals surface area contributed by atoms with Crippen molar-refractivity contribution in [3.63, 3.8) is 0 Å². The summed E-state index contributed by atoms with van der Waals surface area (Å²) in [7, 11) is 0. The SMILES string of the molecule is CC1(CC(=O)N/N=C\C23c4ccccc4C(c4ccccc42)[C@H]2C(=O)N(c4ccc([N+](=O)[O-])cc4)C(=O)[C@@H]23)OCCO1. The van der Waals surface area contributed by atoms with Gasteiger partial charge < -0.3 is 9.47 Å². The first kappa shape index (κ1) is 26.2. The van der Waals surface area contributed by atoms with Crippen molar-refractivity contribution in [1.29, 1.82) is 0 Å². The Hall–Kier alpha value is -4.74. The third-order valence-corrected chi connectivity index (χ3v) is 8.84. The highest BCUT2D eigenvalue weighted by molar-refractivity contribution is 6.25. The number of rotatable bonds is 6. The largest absolute Gasteiger partial charge is 0.347 e. The number of ether oxygens (including phenoxy) is 2. The molecule has 0 aromatic heterocycles. The number of nitrogens with zero attached hydrogens (tertiary/aromatic N) is 3. The number of amides is 3. The first-order valence-corrected chi connectivity index (χ1v) is 13.7. The Labute approximate surface area is 240 Å². The normalized spacial score (nSPS) is 26.7. The van der Waals surface area contributed by atoms with Gasteiger partial charge in [0.25, 0.3) is 5.69 Å². The summed E-state index contributed by atoms with van der Waals surface area (Å²) in [6.45, 7) is 2.49. The molecule has 0 saturated carbocycles. The van der Waals surface area contributed by atoms with E-state index < -0.39 is 39.8 Å². The van der Waals surface area contributed by atoms with E-state index in [1.165, 1.54) is 24.3 Å². The van der Waals surface area contributed by atoms with E-state index in [1.807, 2.05) is 48.5 Å². The van der Waals surface area contributed by atoms with Gasteiger partial charge in [-0.15, -0.1) is 0 Å². The van der Waals surface area contributed by atoms with Crippen LogP contribution in [0.2, 0.25) is 0 Å². The molecule has 2 heterocycles. The molecule has 2 bridgehead atoms. The maximum absolute atomic E-state index is 14.3. The van der Waals surface area contributed by atoms with Gasteiger partial charge in [0.2, 0.25) is 17.7 Å². The third kappa shape index (κ3) is 3.67. The number of imide groups is 1. The smallest absolute Gasteiger partial charge is 0.269 e. The van der Waals surface area contributed by atoms with Gasteiger partial charge in [-0.05, 0) is 41.3 Å². The molecular weight excluding hydrogens is 540 g/mol. The monoisotopic (exact) mass is 566 g/mol. The number of nitro groups is 1. The molecule has 0 unspecified atom stereocenters. The van der Waals surface area contributed by atoms with Crippen molar-refractivity contribution in [2.75, 3.05) is 18.1 Å². The van der Waals surface area contributed by atoms with Gasteiger partial charge in [-0.1, -0.05) is 48.5 Å². The van der Waals surface area contributed by atoms with Crippen LogP contribution in [0.3, 0.4) is 0 Å². The molecule has 0 radical (unpaired) electrons. The number of non-ortho nitro benzene ring substituents is 1. The Balaban J connectivity index is 1.34. The Bertz CT molecular complexity index is 1630. The molecule has 3 aliphatic carbocycles. The lowest BCUT2D eigenvalue weighted by Crippen LogP contribution is -2.54. The minimum Gasteiger partial charge on any atom is -0.347 e. The quantitative estimate of drug-likeness (QED) is 0.209. The van der Waals surface area contributed by atoms with Gasteiger partial charge >= 0.3 is 0 Å². The van der Waals surface area contributed by atoms with Crippen LogP contribution >= 0.6 is 0 Å². The predicted octanol–water partition coefficient (Wildman–Crippen LogP) is 3.40. The summed E-state index contributed by atoms with van der Waals surface area (Å²) in [4.78, 5) is 53.2. The summed E-state index contributed by atoms with van der Waals surface area (Å²) in [5.41, 5.74) is 5.07. The van der Waals surface area contributed by atoms with Gasteiger partial charge in [-0.3, -0.25) is 24.5 Å². The molecule has 8 rings (SSSR count). The van der Waals surface area contributed by atoms with E-state index in [1.54, 1.807) is 13.1 Å². The number of carbonyl (C=O) groups is 3. The molecule has 42 heavy (non-hydrogen) atoms. The van der Waals surface area contributed by atoms with Gasteiger partial charge in [0.05, 0.1) is 47.5 Å². The standard InChI is InChI=1S/C31H26N4O7/c1-30(41-14-15-42-30)16-24(36)33-32-17-31-22-8-4-2-6-20(22)25(21-7-3-5-9-23(21)31)26-27(31)29(38)34(28(26)37)18-10-12-19(13-11-18)35(39)40/h2-13,17,25-27H,14-16H2,1H3,(H,33,36)/b32-17-/t25?,26-,27-,31?/m1/s1. The van der Waals surface area contributed by atoms with E-state index in [2.05, 4.69) is 10.5 Å². The number of nitrogens with one attached hydrogen (secondary N) is 1. The molecule has 2 atom stereocenters. The lowest BCUT2D eigenvalue weighted by molar-refractivity contribution is -0.384. The van der Waals surface area contributed by atoms with Crippen molar-refractivity contribution in [2.24, 2.45) is 16.9 Å². The van der Waals surface area contributed by atoms with E-state index in [-0.39, 0.29) is 29.6 Å². The van der Waals surface area contributed by atoms with Crippen molar-refractivity contribution in [1.82, 2.24) is 5.43 Å². The van der Waals surface area contributed by atoms with Crippen LogP contribution in [-0.2, 0) is 29.3 Å². The highest BCUT2D eigenvalue weighted by Gasteiger charge is 2.68. The molecule has 5 aliphatic rings. The predicted molar refractivity (Wildman–Crippen MR) is 150 cm³/mol. The minimum absolute atomic E-state index is 0.0655. The molecule has 1 N–H and O–H groups in total. The highest BCUT2D eigenvalue weighted by Crippen LogP contribution is 2.63. The summed E-state index contributed by atoms with van der Waals surface area (Å²) >= 11 is 0. The zero-order valence-electron chi connectivity index (χ0n) is 22.6. The van der Waals surface area contributed by atoms with Crippen molar-refractivity contribution >= 4 is 35.3 Å². The van der Waals surface area contributed by atoms with Crippen LogP contribution in [0.5, 0.6) is 0 Å². The van der Waals surface area contributed by atoms with Crippen LogP contribution in [0.4, 0.5) is 11.4 Å². The Morgan fingerprint density at radius 2 is 1.60 bits per heavy atom. The second kappa shape index (κ2) is 9.40. The molecule has 11 nitrogen and oxygen atoms in total. The number of benzene rings is 3. The summed E-state index contributed by atoms with van der Waals surface area (Å²) in [6, 6.07) is 20.8. The first-order valence-electron chi connectivity index (χ1n) is 13.7. The molecular formula is C31H26N4O7. The average molecular weight is 567 g/mol. The fraction of sp³-hybridized carbons (Fsp3) is 0.290. The second-order valence-corrected chi connectivity index (χ2v) is 11.1. The van der Waals surface area contributed by atoms with Crippen molar-refractivity contribution in [2.45, 2.75) is 30.5 Å². The van der Waals surface area contributed by atoms with Crippen molar-refractivity contribution < 1.29 is 28.8 Å². The molecule has 212 valence electrons. The van der Waals surface area contributed by atoms with E-state index in [4.69, 9.17) is 9.47 Å². The summed E-state index contributed by atoms with van der Waals surface area (Å²) in [5.74, 6) is -4.22. The molecule has 2 fully saturated rings. The van der Waals surface area contributed by atoms with Crippen molar-refractivity contribution in [3.8, 4) is 0 Å². The molecule has 2 aliphatic heterocycles. The maximum atomic E-state index is 14.3. The summed E-state index contributed by atoms with van der Waals surface area (Å²) in [6.07, 6.45) is 1.52. The van der Waals surface area contributed by atoms with E-state index in [0.717, 1.165) is 27.2 Å². The zero-order chi connectivity index (χ0) is 29.2. The third-order valence-electron chi connectivity index (χ3n) is 8.84. The van der Waals surface area contributed by atoms with E-state index in [9.17, 15) is 24.5 Å². The number of anilines is 1. The van der Waals surface area contributed by atoms with Crippen LogP contribution in [0.25, 0.3) is 0 Å². The Morgan fingerprint density at radius 1 is 1.00 bits per heavy atom. The molecule has 3 aromatic rings. The van der Waals surface area contributed by atoms with Crippen LogP contribution in [0, 0.1) is 22.0 Å². The molecule has 11 heteroatoms. The summed E-state index contributed by atoms with van der Waals surface area (Å²) in [5, 5.41) is 15.6. The second-order valence-electron chi connectivity index (χ2n) is 11.1. The molecule has 3 amide bonds. The number of hydrazone groups is 1. The average Bonchev–Trinajstić information content (AvgIpc) is 3.53. The minimum atomic E-state index is -1.16. The number of nitro benzene ring substituents is 1. The molecule has 2 saturated heterocycles. The van der Waals surface area contributed by atoms with E-state index >= 15 is 0 Å². The number of hydrogen-bond donors (Lipinski definition) is 1. The number of carbonyl (C=O) groups excluding carboxylic acids is 3. The van der Waals surface area contributed by atoms with Gasteiger partial charge in [-0.25, -0.2) is 10.3 Å². The Morgan fingerprint density at radius 3 is 2.19 bits per heavy atom. The summed E-state index contributed by atoms with van der Waals surface area (Å²) < 4.78 is 11.1. The number of hydrogen-bond acceptors (Lipinski definition) is 8. The van der Waals surface area contributed by atoms with E-state index in [0.29, 0.717) is 13.2 Å². The van der Waals surface area contributed by atoms with Crippen LogP contribution in [0.15, 0.2) is 77.9 Å². The zero-order valence-corrected chi connectivity index (χ0v) is 22.6. The van der Waals surface area contributed by atoms with Crippen LogP contribution in [0.1, 0.15) is 41.5 Å². The topological polar surface area (TPSA) is 140 Å². The highest BCUT2D eigenvalue weighted by atomic mass is 16.7. The van der Waals surface area contributed by atoms with Crippen LogP contribution in [-0.4, -0.2) is 47.9 Å². The van der Waals surface area contributed by atoms with Gasteiger partial charge in [0, 0.05) is 24.3 Å². The lowest BCUT2D eigenvalue weighted by atomic mass is 9.47. The fourth-order valence-corrected chi connectivity index (χ4v) is 7.22. The van der Waals surface area contributed by atoms with Gasteiger partial charge in [-0.2, -0.15) is 5.10 Å². The first-order chi connectivity index (χ1) is 20.2. The lowest BCUT2D eigenvalue weighted by Gasteiger charge is -2.52. The Kier molecular flexibility index (Phi) is 5.86.